The van der Waals surface area contributed by atoms with Crippen molar-refractivity contribution in [3.05, 3.63) is 41.8 Å². The van der Waals surface area contributed by atoms with Crippen LogP contribution in [0.25, 0.3) is 0 Å². The number of sulfonamides is 1. The molecular weight excluding hydrogens is 328 g/mol. The summed E-state index contributed by atoms with van der Waals surface area (Å²) < 4.78 is 38.0. The second-order valence-corrected chi connectivity index (χ2v) is 7.84. The fourth-order valence-electron chi connectivity index (χ4n) is 2.83. The van der Waals surface area contributed by atoms with Gasteiger partial charge in [0.2, 0.25) is 10.0 Å². The summed E-state index contributed by atoms with van der Waals surface area (Å²) in [5.41, 5.74) is 0.732. The van der Waals surface area contributed by atoms with E-state index in [0.29, 0.717) is 12.2 Å². The average Bonchev–Trinajstić information content (AvgIpc) is 3.20. The summed E-state index contributed by atoms with van der Waals surface area (Å²) >= 11 is 0. The molecule has 1 N–H and O–H groups in total. The molecule has 1 aliphatic carbocycles. The van der Waals surface area contributed by atoms with Gasteiger partial charge in [0, 0.05) is 19.0 Å². The first-order valence-corrected chi connectivity index (χ1v) is 9.70. The Morgan fingerprint density at radius 1 is 1.25 bits per heavy atom. The zero-order chi connectivity index (χ0) is 17.0. The summed E-state index contributed by atoms with van der Waals surface area (Å²) in [7, 11) is -3.53. The van der Waals surface area contributed by atoms with Crippen molar-refractivity contribution in [3.63, 3.8) is 0 Å². The van der Waals surface area contributed by atoms with Crippen LogP contribution in [0, 0.1) is 6.92 Å². The Hall–Kier alpha value is -1.86. The van der Waals surface area contributed by atoms with Gasteiger partial charge in [-0.2, -0.15) is 0 Å². The van der Waals surface area contributed by atoms with E-state index in [4.69, 9.17) is 9.26 Å². The van der Waals surface area contributed by atoms with Crippen molar-refractivity contribution >= 4 is 10.0 Å². The maximum absolute atomic E-state index is 12.3. The summed E-state index contributed by atoms with van der Waals surface area (Å²) in [4.78, 5) is 0.234. The molecule has 1 aromatic carbocycles. The number of aryl methyl sites for hydroxylation is 1. The van der Waals surface area contributed by atoms with Gasteiger partial charge < -0.3 is 9.26 Å². The lowest BCUT2D eigenvalue weighted by Crippen LogP contribution is -2.26. The Morgan fingerprint density at radius 3 is 2.58 bits per heavy atom. The van der Waals surface area contributed by atoms with Gasteiger partial charge in [-0.3, -0.25) is 0 Å². The van der Waals surface area contributed by atoms with Crippen molar-refractivity contribution in [1.29, 1.82) is 0 Å². The van der Waals surface area contributed by atoms with Gasteiger partial charge in [0.15, 0.2) is 0 Å². The van der Waals surface area contributed by atoms with Crippen LogP contribution in [-0.4, -0.2) is 26.2 Å². The number of hydrogen-bond donors (Lipinski definition) is 1. The highest BCUT2D eigenvalue weighted by Crippen LogP contribution is 2.24. The van der Waals surface area contributed by atoms with Crippen LogP contribution in [0.2, 0.25) is 0 Å². The number of nitrogens with zero attached hydrogens (tertiary/aromatic N) is 1. The number of aromatic nitrogens is 1. The summed E-state index contributed by atoms with van der Waals surface area (Å²) in [6.07, 6.45) is 5.29. The van der Waals surface area contributed by atoms with Gasteiger partial charge in [-0.25, -0.2) is 13.1 Å². The molecule has 0 radical (unpaired) electrons. The van der Waals surface area contributed by atoms with Crippen molar-refractivity contribution in [1.82, 2.24) is 9.88 Å². The van der Waals surface area contributed by atoms with Crippen molar-refractivity contribution in [2.45, 2.75) is 50.0 Å². The van der Waals surface area contributed by atoms with Crippen LogP contribution in [0.5, 0.6) is 5.75 Å². The zero-order valence-electron chi connectivity index (χ0n) is 13.7. The first-order valence-electron chi connectivity index (χ1n) is 8.21. The maximum Gasteiger partial charge on any atom is 0.240 e. The van der Waals surface area contributed by atoms with Crippen molar-refractivity contribution in [2.24, 2.45) is 0 Å². The van der Waals surface area contributed by atoms with Crippen LogP contribution in [-0.2, 0) is 16.4 Å². The molecule has 1 aromatic heterocycles. The Kier molecular flexibility index (Phi) is 5.20. The van der Waals surface area contributed by atoms with E-state index in [2.05, 4.69) is 9.88 Å². The molecule has 1 heterocycles. The first-order chi connectivity index (χ1) is 11.5. The molecule has 24 heavy (non-hydrogen) atoms. The van der Waals surface area contributed by atoms with Crippen LogP contribution in [0.3, 0.4) is 0 Å². The van der Waals surface area contributed by atoms with Gasteiger partial charge in [0.25, 0.3) is 0 Å². The molecule has 0 saturated heterocycles. The minimum absolute atomic E-state index is 0.234. The lowest BCUT2D eigenvalue weighted by Gasteiger charge is -2.13. The highest BCUT2D eigenvalue weighted by atomic mass is 32.2. The largest absolute Gasteiger partial charge is 0.490 e. The molecule has 6 nitrogen and oxygen atoms in total. The monoisotopic (exact) mass is 350 g/mol. The smallest absolute Gasteiger partial charge is 0.240 e. The molecule has 0 amide bonds. The van der Waals surface area contributed by atoms with Crippen molar-refractivity contribution in [3.8, 4) is 5.75 Å². The summed E-state index contributed by atoms with van der Waals surface area (Å²) in [6, 6.07) is 8.38. The number of ether oxygens (including phenoxy) is 1. The minimum atomic E-state index is -3.53. The highest BCUT2D eigenvalue weighted by Gasteiger charge is 2.18. The van der Waals surface area contributed by atoms with E-state index in [9.17, 15) is 8.42 Å². The third kappa shape index (κ3) is 4.36. The van der Waals surface area contributed by atoms with Gasteiger partial charge in [-0.15, -0.1) is 0 Å². The van der Waals surface area contributed by atoms with Crippen LogP contribution >= 0.6 is 0 Å². The molecule has 0 spiro atoms. The molecule has 3 rings (SSSR count). The molecule has 7 heteroatoms. The molecule has 2 aromatic rings. The van der Waals surface area contributed by atoms with Gasteiger partial charge in [0.1, 0.15) is 11.5 Å². The van der Waals surface area contributed by atoms with E-state index in [-0.39, 0.29) is 17.5 Å². The van der Waals surface area contributed by atoms with Crippen LogP contribution in [0.4, 0.5) is 0 Å². The SMILES string of the molecule is Cc1cc(CCNS(=O)(=O)c2ccc(OC3CCCC3)cc2)no1. The number of hydrogen-bond acceptors (Lipinski definition) is 5. The van der Waals surface area contributed by atoms with Gasteiger partial charge in [-0.05, 0) is 56.9 Å². The maximum atomic E-state index is 12.3. The third-order valence-electron chi connectivity index (χ3n) is 4.09. The van der Waals surface area contributed by atoms with Crippen LogP contribution in [0.15, 0.2) is 39.8 Å². The Bertz CT molecular complexity index is 762. The van der Waals surface area contributed by atoms with E-state index >= 15 is 0 Å². The third-order valence-corrected chi connectivity index (χ3v) is 5.57. The number of nitrogens with one attached hydrogen (secondary N) is 1. The Labute approximate surface area is 142 Å². The van der Waals surface area contributed by atoms with E-state index in [1.807, 2.05) is 0 Å². The van der Waals surface area contributed by atoms with Gasteiger partial charge >= 0.3 is 0 Å². The van der Waals surface area contributed by atoms with Gasteiger partial charge in [-0.1, -0.05) is 5.16 Å². The molecule has 130 valence electrons. The normalized spacial score (nSPS) is 15.7. The molecule has 1 aliphatic rings. The lowest BCUT2D eigenvalue weighted by atomic mass is 10.3. The highest BCUT2D eigenvalue weighted by molar-refractivity contribution is 7.89. The van der Waals surface area contributed by atoms with E-state index < -0.39 is 10.0 Å². The quantitative estimate of drug-likeness (QED) is 0.830. The standard InChI is InChI=1S/C17H22N2O4S/c1-13-12-14(19-23-13)10-11-18-24(20,21)17-8-6-16(7-9-17)22-15-4-2-3-5-15/h6-9,12,15,18H,2-5,10-11H2,1H3. The van der Waals surface area contributed by atoms with Gasteiger partial charge in [0.05, 0.1) is 16.7 Å². The zero-order valence-corrected chi connectivity index (χ0v) is 14.5. The second-order valence-electron chi connectivity index (χ2n) is 6.07. The predicted octanol–water partition coefficient (Wildman–Crippen LogP) is 2.83. The molecule has 1 fully saturated rings. The average molecular weight is 350 g/mol. The lowest BCUT2D eigenvalue weighted by molar-refractivity contribution is 0.210. The summed E-state index contributed by atoms with van der Waals surface area (Å²) in [6.45, 7) is 2.07. The molecular formula is C17H22N2O4S. The van der Waals surface area contributed by atoms with E-state index in [0.717, 1.165) is 24.3 Å². The number of benzene rings is 1. The second kappa shape index (κ2) is 7.36. The molecule has 0 unspecified atom stereocenters. The van der Waals surface area contributed by atoms with Crippen LogP contribution < -0.4 is 9.46 Å². The fourth-order valence-corrected chi connectivity index (χ4v) is 3.86. The molecule has 0 bridgehead atoms. The summed E-state index contributed by atoms with van der Waals surface area (Å²) in [5, 5.41) is 3.84. The summed E-state index contributed by atoms with van der Waals surface area (Å²) in [5.74, 6) is 1.43. The molecule has 0 atom stereocenters. The Balaban J connectivity index is 1.55. The molecule has 0 aliphatic heterocycles. The van der Waals surface area contributed by atoms with E-state index in [1.165, 1.54) is 12.8 Å². The fraction of sp³-hybridized carbons (Fsp3) is 0.471. The number of rotatable bonds is 7. The van der Waals surface area contributed by atoms with Crippen molar-refractivity contribution < 1.29 is 17.7 Å². The minimum Gasteiger partial charge on any atom is -0.490 e. The predicted molar refractivity (Wildman–Crippen MR) is 89.5 cm³/mol. The van der Waals surface area contributed by atoms with Crippen LogP contribution in [0.1, 0.15) is 37.1 Å². The van der Waals surface area contributed by atoms with E-state index in [1.54, 1.807) is 37.3 Å². The topological polar surface area (TPSA) is 81.4 Å². The first kappa shape index (κ1) is 17.0. The molecule has 1 saturated carbocycles. The van der Waals surface area contributed by atoms with Crippen molar-refractivity contribution in [2.75, 3.05) is 6.54 Å². The Morgan fingerprint density at radius 2 is 1.96 bits per heavy atom.